The van der Waals surface area contributed by atoms with E-state index in [1.807, 2.05) is 41.4 Å². The van der Waals surface area contributed by atoms with Crippen molar-refractivity contribution in [2.75, 3.05) is 6.54 Å². The van der Waals surface area contributed by atoms with E-state index in [4.69, 9.17) is 0 Å². The number of carbonyl (C=O) groups is 1. The molecule has 2 aromatic rings. The number of hydrogen-bond acceptors (Lipinski definition) is 3. The van der Waals surface area contributed by atoms with Gasteiger partial charge < -0.3 is 9.88 Å². The molecular formula is C13H17N3OS. The van der Waals surface area contributed by atoms with E-state index in [1.54, 1.807) is 11.3 Å². The van der Waals surface area contributed by atoms with Gasteiger partial charge in [0.1, 0.15) is 6.54 Å². The van der Waals surface area contributed by atoms with Crippen LogP contribution in [-0.2, 0) is 11.3 Å². The number of thiazole rings is 1. The fourth-order valence-corrected chi connectivity index (χ4v) is 2.51. The summed E-state index contributed by atoms with van der Waals surface area (Å²) in [5.74, 6) is 0.295. The first-order chi connectivity index (χ1) is 8.65. The zero-order chi connectivity index (χ0) is 13.0. The molecule has 0 aliphatic rings. The molecule has 0 saturated heterocycles. The van der Waals surface area contributed by atoms with Gasteiger partial charge in [-0.05, 0) is 19.1 Å². The zero-order valence-corrected chi connectivity index (χ0v) is 11.4. The van der Waals surface area contributed by atoms with Gasteiger partial charge in [-0.3, -0.25) is 4.79 Å². The molecule has 1 amide bonds. The minimum atomic E-state index is 0.0336. The molecule has 18 heavy (non-hydrogen) atoms. The second-order valence-corrected chi connectivity index (χ2v) is 5.28. The summed E-state index contributed by atoms with van der Waals surface area (Å²) in [6, 6.07) is 3.82. The van der Waals surface area contributed by atoms with Crippen LogP contribution in [-0.4, -0.2) is 22.0 Å². The summed E-state index contributed by atoms with van der Waals surface area (Å²) in [5.41, 5.74) is 1.04. The van der Waals surface area contributed by atoms with Gasteiger partial charge in [0.2, 0.25) is 5.91 Å². The Kier molecular flexibility index (Phi) is 4.15. The molecule has 96 valence electrons. The monoisotopic (exact) mass is 263 g/mol. The maximum absolute atomic E-state index is 11.7. The van der Waals surface area contributed by atoms with Crippen LogP contribution in [0.3, 0.4) is 0 Å². The van der Waals surface area contributed by atoms with E-state index in [1.165, 1.54) is 0 Å². The summed E-state index contributed by atoms with van der Waals surface area (Å²) in [7, 11) is 0. The van der Waals surface area contributed by atoms with E-state index >= 15 is 0 Å². The Hall–Kier alpha value is -1.62. The maximum Gasteiger partial charge on any atom is 0.239 e. The first-order valence-corrected chi connectivity index (χ1v) is 6.82. The third kappa shape index (κ3) is 3.43. The second-order valence-electron chi connectivity index (χ2n) is 4.39. The molecular weight excluding hydrogens is 246 g/mol. The lowest BCUT2D eigenvalue weighted by Gasteiger charge is -2.10. The third-order valence-electron chi connectivity index (χ3n) is 2.66. The van der Waals surface area contributed by atoms with Gasteiger partial charge in [0.15, 0.2) is 0 Å². The summed E-state index contributed by atoms with van der Waals surface area (Å²) >= 11 is 1.65. The Morgan fingerprint density at radius 3 is 2.83 bits per heavy atom. The van der Waals surface area contributed by atoms with E-state index in [0.29, 0.717) is 13.1 Å². The molecule has 0 aliphatic heterocycles. The van der Waals surface area contributed by atoms with Crippen LogP contribution in [0.1, 0.15) is 23.5 Å². The van der Waals surface area contributed by atoms with Gasteiger partial charge in [0, 0.05) is 35.9 Å². The predicted molar refractivity (Wildman–Crippen MR) is 72.7 cm³/mol. The normalized spacial score (nSPS) is 12.3. The lowest BCUT2D eigenvalue weighted by Crippen LogP contribution is -2.30. The fourth-order valence-electron chi connectivity index (χ4n) is 1.65. The molecule has 5 heteroatoms. The van der Waals surface area contributed by atoms with Crippen molar-refractivity contribution >= 4 is 17.2 Å². The van der Waals surface area contributed by atoms with E-state index < -0.39 is 0 Å². The summed E-state index contributed by atoms with van der Waals surface area (Å²) in [5, 5.41) is 6.05. The highest BCUT2D eigenvalue weighted by Crippen LogP contribution is 2.18. The molecule has 0 radical (unpaired) electrons. The fraction of sp³-hybridized carbons (Fsp3) is 0.385. The van der Waals surface area contributed by atoms with Crippen molar-refractivity contribution in [3.8, 4) is 0 Å². The Balaban J connectivity index is 1.79. The van der Waals surface area contributed by atoms with E-state index in [2.05, 4.69) is 17.2 Å². The van der Waals surface area contributed by atoms with Crippen LogP contribution in [0.2, 0.25) is 0 Å². The lowest BCUT2D eigenvalue weighted by molar-refractivity contribution is -0.121. The van der Waals surface area contributed by atoms with Crippen molar-refractivity contribution in [1.82, 2.24) is 14.9 Å². The van der Waals surface area contributed by atoms with Crippen molar-refractivity contribution < 1.29 is 4.79 Å². The summed E-state index contributed by atoms with van der Waals surface area (Å²) in [6.45, 7) is 5.06. The number of carbonyl (C=O) groups excluding carboxylic acids is 1. The largest absolute Gasteiger partial charge is 0.354 e. The maximum atomic E-state index is 11.7. The van der Waals surface area contributed by atoms with Crippen molar-refractivity contribution in [3.05, 3.63) is 40.6 Å². The molecule has 0 saturated carbocycles. The van der Waals surface area contributed by atoms with Crippen molar-refractivity contribution in [2.45, 2.75) is 26.3 Å². The topological polar surface area (TPSA) is 46.9 Å². The van der Waals surface area contributed by atoms with Crippen LogP contribution in [0, 0.1) is 6.92 Å². The highest BCUT2D eigenvalue weighted by molar-refractivity contribution is 7.09. The number of nitrogens with zero attached hydrogens (tertiary/aromatic N) is 2. The molecule has 0 aromatic carbocycles. The van der Waals surface area contributed by atoms with Crippen molar-refractivity contribution in [1.29, 1.82) is 0 Å². The number of rotatable bonds is 5. The second kappa shape index (κ2) is 5.82. The van der Waals surface area contributed by atoms with Gasteiger partial charge in [0.05, 0.1) is 5.01 Å². The van der Waals surface area contributed by atoms with Crippen molar-refractivity contribution in [2.24, 2.45) is 0 Å². The SMILES string of the molecule is Cc1csc([C@@H](C)CNC(=O)Cn2cccc2)n1. The highest BCUT2D eigenvalue weighted by Gasteiger charge is 2.11. The van der Waals surface area contributed by atoms with Crippen LogP contribution in [0.25, 0.3) is 0 Å². The smallest absolute Gasteiger partial charge is 0.239 e. The first-order valence-electron chi connectivity index (χ1n) is 5.94. The number of aromatic nitrogens is 2. The van der Waals surface area contributed by atoms with Crippen LogP contribution in [0.5, 0.6) is 0 Å². The van der Waals surface area contributed by atoms with Gasteiger partial charge in [-0.15, -0.1) is 11.3 Å². The van der Waals surface area contributed by atoms with Gasteiger partial charge in [-0.25, -0.2) is 4.98 Å². The van der Waals surface area contributed by atoms with E-state index in [9.17, 15) is 4.79 Å². The number of aryl methyl sites for hydroxylation is 1. The lowest BCUT2D eigenvalue weighted by atomic mass is 10.2. The molecule has 2 heterocycles. The molecule has 2 aromatic heterocycles. The molecule has 0 aliphatic carbocycles. The van der Waals surface area contributed by atoms with Gasteiger partial charge in [-0.1, -0.05) is 6.92 Å². The van der Waals surface area contributed by atoms with Crippen LogP contribution in [0.4, 0.5) is 0 Å². The van der Waals surface area contributed by atoms with Gasteiger partial charge in [0.25, 0.3) is 0 Å². The van der Waals surface area contributed by atoms with E-state index in [-0.39, 0.29) is 11.8 Å². The predicted octanol–water partition coefficient (Wildman–Crippen LogP) is 2.17. The summed E-state index contributed by atoms with van der Waals surface area (Å²) < 4.78 is 1.85. The summed E-state index contributed by atoms with van der Waals surface area (Å²) in [6.07, 6.45) is 3.76. The number of nitrogens with one attached hydrogen (secondary N) is 1. The zero-order valence-electron chi connectivity index (χ0n) is 10.6. The molecule has 4 nitrogen and oxygen atoms in total. The third-order valence-corrected chi connectivity index (χ3v) is 3.85. The molecule has 1 atom stereocenters. The Bertz CT molecular complexity index is 504. The summed E-state index contributed by atoms with van der Waals surface area (Å²) in [4.78, 5) is 16.1. The molecule has 1 N–H and O–H groups in total. The van der Waals surface area contributed by atoms with Crippen LogP contribution < -0.4 is 5.32 Å². The average Bonchev–Trinajstić information content (AvgIpc) is 2.97. The number of hydrogen-bond donors (Lipinski definition) is 1. The Morgan fingerprint density at radius 2 is 2.22 bits per heavy atom. The van der Waals surface area contributed by atoms with Gasteiger partial charge in [-0.2, -0.15) is 0 Å². The first kappa shape index (κ1) is 12.8. The molecule has 0 fully saturated rings. The van der Waals surface area contributed by atoms with Crippen LogP contribution in [0.15, 0.2) is 29.9 Å². The molecule has 2 rings (SSSR count). The van der Waals surface area contributed by atoms with Crippen LogP contribution >= 0.6 is 11.3 Å². The Morgan fingerprint density at radius 1 is 1.50 bits per heavy atom. The number of amides is 1. The van der Waals surface area contributed by atoms with Gasteiger partial charge >= 0.3 is 0 Å². The average molecular weight is 263 g/mol. The standard InChI is InChI=1S/C13H17N3OS/c1-10(13-15-11(2)9-18-13)7-14-12(17)8-16-5-3-4-6-16/h3-6,9-10H,7-8H2,1-2H3,(H,14,17)/t10-/m0/s1. The van der Waals surface area contributed by atoms with Crippen molar-refractivity contribution in [3.63, 3.8) is 0 Å². The minimum absolute atomic E-state index is 0.0336. The molecule has 0 spiro atoms. The molecule has 0 bridgehead atoms. The van der Waals surface area contributed by atoms with E-state index in [0.717, 1.165) is 10.7 Å². The Labute approximate surface area is 111 Å². The quantitative estimate of drug-likeness (QED) is 0.898. The minimum Gasteiger partial charge on any atom is -0.354 e. The molecule has 0 unspecified atom stereocenters. The highest BCUT2D eigenvalue weighted by atomic mass is 32.1.